The van der Waals surface area contributed by atoms with E-state index in [-0.39, 0.29) is 29.2 Å². The summed E-state index contributed by atoms with van der Waals surface area (Å²) >= 11 is 0. The largest absolute Gasteiger partial charge is 0.462 e. The van der Waals surface area contributed by atoms with Crippen LogP contribution in [-0.2, 0) is 14.3 Å². The number of unbranched alkanes of at least 4 members (excludes halogenated alkanes) is 1. The van der Waals surface area contributed by atoms with Gasteiger partial charge in [-0.3, -0.25) is 9.59 Å². The summed E-state index contributed by atoms with van der Waals surface area (Å²) < 4.78 is 5.43. The lowest BCUT2D eigenvalue weighted by Gasteiger charge is -2.45. The Morgan fingerprint density at radius 2 is 1.24 bits per heavy atom. The van der Waals surface area contributed by atoms with Crippen LogP contribution in [0.15, 0.2) is 72.8 Å². The van der Waals surface area contributed by atoms with Crippen LogP contribution in [0.4, 0.5) is 5.69 Å². The van der Waals surface area contributed by atoms with Crippen LogP contribution in [0, 0.1) is 11.8 Å². The first-order chi connectivity index (χ1) is 16.6. The van der Waals surface area contributed by atoms with Gasteiger partial charge in [0, 0.05) is 11.8 Å². The molecule has 0 radical (unpaired) electrons. The smallest absolute Gasteiger partial charge is 0.340 e. The quantitative estimate of drug-likeness (QED) is 0.310. The van der Waals surface area contributed by atoms with Gasteiger partial charge in [-0.2, -0.15) is 0 Å². The molecule has 0 spiro atoms. The van der Waals surface area contributed by atoms with E-state index in [0.29, 0.717) is 12.3 Å². The summed E-state index contributed by atoms with van der Waals surface area (Å²) in [6.45, 7) is 2.33. The van der Waals surface area contributed by atoms with Crippen molar-refractivity contribution in [2.75, 3.05) is 11.5 Å². The van der Waals surface area contributed by atoms with E-state index >= 15 is 0 Å². The molecule has 3 aromatic rings. The van der Waals surface area contributed by atoms with Gasteiger partial charge in [0.15, 0.2) is 0 Å². The molecule has 170 valence electrons. The first-order valence-corrected chi connectivity index (χ1v) is 11.9. The predicted molar refractivity (Wildman–Crippen MR) is 128 cm³/mol. The molecule has 1 fully saturated rings. The highest BCUT2D eigenvalue weighted by atomic mass is 16.5. The second kappa shape index (κ2) is 7.94. The zero-order valence-electron chi connectivity index (χ0n) is 18.9. The van der Waals surface area contributed by atoms with Crippen LogP contribution < -0.4 is 4.90 Å². The van der Waals surface area contributed by atoms with Crippen LogP contribution in [0.5, 0.6) is 0 Å². The number of anilines is 1. The summed E-state index contributed by atoms with van der Waals surface area (Å²) in [5, 5.41) is 0. The topological polar surface area (TPSA) is 63.7 Å². The molecule has 5 heteroatoms. The lowest BCUT2D eigenvalue weighted by atomic mass is 9.55. The van der Waals surface area contributed by atoms with E-state index in [0.717, 1.165) is 35.1 Å². The number of nitrogens with zero attached hydrogens (tertiary/aromatic N) is 1. The highest BCUT2D eigenvalue weighted by Gasteiger charge is 2.62. The van der Waals surface area contributed by atoms with Crippen molar-refractivity contribution >= 4 is 23.5 Å². The first-order valence-electron chi connectivity index (χ1n) is 11.9. The number of imide groups is 1. The van der Waals surface area contributed by atoms with Crippen molar-refractivity contribution in [3.05, 3.63) is 101 Å². The van der Waals surface area contributed by atoms with Crippen LogP contribution in [0.1, 0.15) is 64.2 Å². The maximum absolute atomic E-state index is 13.9. The summed E-state index contributed by atoms with van der Waals surface area (Å²) in [6, 6.07) is 23.1. The molecular weight excluding hydrogens is 426 g/mol. The van der Waals surface area contributed by atoms with Crippen molar-refractivity contribution in [1.82, 2.24) is 0 Å². The third kappa shape index (κ3) is 2.82. The normalized spacial score (nSPS) is 24.0. The Morgan fingerprint density at radius 1 is 0.765 bits per heavy atom. The Balaban J connectivity index is 1.45. The fourth-order valence-corrected chi connectivity index (χ4v) is 6.14. The van der Waals surface area contributed by atoms with Crippen LogP contribution in [0.3, 0.4) is 0 Å². The fraction of sp³-hybridized carbons (Fsp3) is 0.276. The molecule has 7 rings (SSSR count). The number of amides is 2. The molecule has 5 nitrogen and oxygen atoms in total. The molecule has 1 aliphatic heterocycles. The van der Waals surface area contributed by atoms with E-state index in [9.17, 15) is 14.4 Å². The molecule has 1 heterocycles. The van der Waals surface area contributed by atoms with Gasteiger partial charge >= 0.3 is 5.97 Å². The minimum Gasteiger partial charge on any atom is -0.462 e. The molecule has 34 heavy (non-hydrogen) atoms. The number of carbonyl (C=O) groups excluding carboxylic acids is 3. The maximum atomic E-state index is 13.9. The summed E-state index contributed by atoms with van der Waals surface area (Å²) in [7, 11) is 0. The summed E-state index contributed by atoms with van der Waals surface area (Å²) in [5.41, 5.74) is 5.08. The van der Waals surface area contributed by atoms with Gasteiger partial charge in [-0.05, 0) is 40.8 Å². The zero-order chi connectivity index (χ0) is 23.4. The highest BCUT2D eigenvalue weighted by Crippen LogP contribution is 2.61. The van der Waals surface area contributed by atoms with Gasteiger partial charge in [-0.15, -0.1) is 0 Å². The van der Waals surface area contributed by atoms with Crippen LogP contribution in [0.2, 0.25) is 0 Å². The van der Waals surface area contributed by atoms with E-state index in [4.69, 9.17) is 4.74 Å². The van der Waals surface area contributed by atoms with Crippen molar-refractivity contribution in [2.24, 2.45) is 11.8 Å². The van der Waals surface area contributed by atoms with E-state index in [1.165, 1.54) is 4.90 Å². The van der Waals surface area contributed by atoms with Gasteiger partial charge in [-0.1, -0.05) is 74.0 Å². The molecule has 3 aromatic carbocycles. The van der Waals surface area contributed by atoms with Crippen molar-refractivity contribution < 1.29 is 19.1 Å². The molecule has 0 saturated carbocycles. The molecule has 3 aliphatic carbocycles. The van der Waals surface area contributed by atoms with Gasteiger partial charge in [-0.25, -0.2) is 9.69 Å². The molecule has 2 bridgehead atoms. The van der Waals surface area contributed by atoms with Crippen molar-refractivity contribution in [3.8, 4) is 0 Å². The summed E-state index contributed by atoms with van der Waals surface area (Å²) in [6.07, 6.45) is 1.67. The number of rotatable bonds is 5. The molecule has 2 atom stereocenters. The molecule has 0 N–H and O–H groups in total. The molecular formula is C29H25NO4. The minimum atomic E-state index is -0.505. The lowest BCUT2D eigenvalue weighted by molar-refractivity contribution is -0.122. The maximum Gasteiger partial charge on any atom is 0.340 e. The van der Waals surface area contributed by atoms with Crippen molar-refractivity contribution in [2.45, 2.75) is 31.6 Å². The molecule has 1 saturated heterocycles. The Morgan fingerprint density at radius 3 is 1.74 bits per heavy atom. The fourth-order valence-electron chi connectivity index (χ4n) is 6.14. The number of hydrogen-bond acceptors (Lipinski definition) is 4. The highest BCUT2D eigenvalue weighted by molar-refractivity contribution is 6.25. The summed E-state index contributed by atoms with van der Waals surface area (Å²) in [4.78, 5) is 42.0. The second-order valence-electron chi connectivity index (χ2n) is 9.28. The number of carbonyl (C=O) groups is 3. The van der Waals surface area contributed by atoms with Gasteiger partial charge < -0.3 is 4.74 Å². The Bertz CT molecular complexity index is 1210. The summed E-state index contributed by atoms with van der Waals surface area (Å²) in [5.74, 6) is -2.28. The van der Waals surface area contributed by atoms with Gasteiger partial charge in [0.2, 0.25) is 11.8 Å². The average Bonchev–Trinajstić information content (AvgIpc) is 3.14. The lowest BCUT2D eigenvalue weighted by Crippen LogP contribution is -2.41. The van der Waals surface area contributed by atoms with Gasteiger partial charge in [0.25, 0.3) is 0 Å². The number of benzene rings is 3. The van der Waals surface area contributed by atoms with Gasteiger partial charge in [0.05, 0.1) is 29.7 Å². The molecule has 2 amide bonds. The van der Waals surface area contributed by atoms with Gasteiger partial charge in [0.1, 0.15) is 0 Å². The van der Waals surface area contributed by atoms with E-state index in [1.54, 1.807) is 24.3 Å². The Kier molecular flexibility index (Phi) is 4.87. The Hall–Kier alpha value is -3.73. The Labute approximate surface area is 198 Å². The average molecular weight is 452 g/mol. The van der Waals surface area contributed by atoms with E-state index in [2.05, 4.69) is 24.3 Å². The van der Waals surface area contributed by atoms with E-state index in [1.807, 2.05) is 31.2 Å². The number of ether oxygens (including phenoxy) is 1. The SMILES string of the molecule is CCCCOC(=O)c1ccccc1N1C(=O)[C@H]2C3c4ccccc4C(c4ccccc43)[C@@H]2C1=O. The number of hydrogen-bond donors (Lipinski definition) is 0. The second-order valence-corrected chi connectivity index (χ2v) is 9.28. The molecule has 4 aliphatic rings. The van der Waals surface area contributed by atoms with Crippen LogP contribution in [-0.4, -0.2) is 24.4 Å². The van der Waals surface area contributed by atoms with E-state index < -0.39 is 17.8 Å². The van der Waals surface area contributed by atoms with Crippen molar-refractivity contribution in [3.63, 3.8) is 0 Å². The third-order valence-electron chi connectivity index (χ3n) is 7.54. The number of esters is 1. The molecule has 0 aromatic heterocycles. The first kappa shape index (κ1) is 20.8. The number of para-hydroxylation sites is 1. The molecule has 0 unspecified atom stereocenters. The van der Waals surface area contributed by atoms with Crippen LogP contribution in [0.25, 0.3) is 0 Å². The minimum absolute atomic E-state index is 0.174. The van der Waals surface area contributed by atoms with Crippen molar-refractivity contribution in [1.29, 1.82) is 0 Å². The van der Waals surface area contributed by atoms with Crippen LogP contribution >= 0.6 is 0 Å². The third-order valence-corrected chi connectivity index (χ3v) is 7.54. The zero-order valence-corrected chi connectivity index (χ0v) is 18.9. The standard InChI is InChI=1S/C29H25NO4/c1-2-3-16-34-29(33)21-14-8-9-15-22(21)30-27(31)25-23-17-10-4-5-11-18(17)24(26(25)28(30)32)20-13-7-6-12-19(20)23/h4-15,23-26H,2-3,16H2,1H3/t23?,24?,25-,26-/m0/s1. The predicted octanol–water partition coefficient (Wildman–Crippen LogP) is 5.04. The monoisotopic (exact) mass is 451 g/mol.